The van der Waals surface area contributed by atoms with Crippen molar-refractivity contribution in [3.63, 3.8) is 0 Å². The maximum absolute atomic E-state index is 13.2. The second-order valence-corrected chi connectivity index (χ2v) is 6.85. The van der Waals surface area contributed by atoms with Crippen LogP contribution in [0.3, 0.4) is 0 Å². The van der Waals surface area contributed by atoms with Gasteiger partial charge in [-0.25, -0.2) is 4.39 Å². The summed E-state index contributed by atoms with van der Waals surface area (Å²) in [5.74, 6) is -0.469. The average Bonchev–Trinajstić information content (AvgIpc) is 2.72. The molecule has 0 N–H and O–H groups in total. The lowest BCUT2D eigenvalue weighted by atomic mass is 10.1. The maximum Gasteiger partial charge on any atom is 0.417 e. The van der Waals surface area contributed by atoms with Gasteiger partial charge in [-0.3, -0.25) is 9.69 Å². The molecule has 3 rings (SSSR count). The van der Waals surface area contributed by atoms with Crippen molar-refractivity contribution in [2.75, 3.05) is 37.6 Å². The Labute approximate surface area is 166 Å². The first-order valence-electron chi connectivity index (χ1n) is 9.15. The molecule has 152 valence electrons. The van der Waals surface area contributed by atoms with Gasteiger partial charge in [-0.2, -0.15) is 18.4 Å². The molecular formula is C21H19F4N3O. The van der Waals surface area contributed by atoms with E-state index in [2.05, 4.69) is 4.90 Å². The van der Waals surface area contributed by atoms with Crippen LogP contribution in [-0.4, -0.2) is 43.4 Å². The molecule has 1 saturated heterocycles. The van der Waals surface area contributed by atoms with E-state index in [0.717, 1.165) is 6.07 Å². The first-order chi connectivity index (χ1) is 13.8. The minimum Gasteiger partial charge on any atom is -0.369 e. The second kappa shape index (κ2) is 8.62. The van der Waals surface area contributed by atoms with Crippen molar-refractivity contribution in [1.82, 2.24) is 4.90 Å². The molecule has 0 saturated carbocycles. The van der Waals surface area contributed by atoms with E-state index in [1.54, 1.807) is 6.07 Å². The zero-order valence-corrected chi connectivity index (χ0v) is 15.5. The minimum atomic E-state index is -4.58. The number of nitriles is 1. The van der Waals surface area contributed by atoms with Gasteiger partial charge in [-0.05, 0) is 42.5 Å². The molecule has 8 heteroatoms. The standard InChI is InChI=1S/C21H19F4N3O/c22-17-4-1-15(2-5-17)20(29)7-8-27-9-11-28(12-10-27)18-6-3-16(14-26)19(13-18)21(23,24)25/h1-6,13H,7-12H2. The van der Waals surface area contributed by atoms with Gasteiger partial charge in [0.05, 0.1) is 17.2 Å². The number of Topliss-reactive ketones (excluding diaryl/α,β-unsaturated/α-hetero) is 1. The number of piperazine rings is 1. The van der Waals surface area contributed by atoms with Gasteiger partial charge in [-0.15, -0.1) is 0 Å². The number of alkyl halides is 3. The summed E-state index contributed by atoms with van der Waals surface area (Å²) < 4.78 is 52.4. The number of benzene rings is 2. The Morgan fingerprint density at radius 3 is 2.28 bits per heavy atom. The fourth-order valence-corrected chi connectivity index (χ4v) is 3.33. The summed E-state index contributed by atoms with van der Waals surface area (Å²) in [7, 11) is 0. The number of nitrogens with zero attached hydrogens (tertiary/aromatic N) is 3. The largest absolute Gasteiger partial charge is 0.417 e. The van der Waals surface area contributed by atoms with Crippen LogP contribution >= 0.6 is 0 Å². The molecule has 1 aliphatic heterocycles. The maximum atomic E-state index is 13.2. The van der Waals surface area contributed by atoms with Gasteiger partial charge in [0, 0.05) is 50.4 Å². The lowest BCUT2D eigenvalue weighted by Crippen LogP contribution is -2.47. The Morgan fingerprint density at radius 2 is 1.69 bits per heavy atom. The van der Waals surface area contributed by atoms with Gasteiger partial charge >= 0.3 is 6.18 Å². The molecule has 29 heavy (non-hydrogen) atoms. The lowest BCUT2D eigenvalue weighted by Gasteiger charge is -2.36. The highest BCUT2D eigenvalue weighted by Crippen LogP contribution is 2.34. The third kappa shape index (κ3) is 5.12. The van der Waals surface area contributed by atoms with Crippen molar-refractivity contribution in [3.8, 4) is 6.07 Å². The van der Waals surface area contributed by atoms with Crippen LogP contribution in [0.1, 0.15) is 27.9 Å². The highest BCUT2D eigenvalue weighted by molar-refractivity contribution is 5.96. The third-order valence-electron chi connectivity index (χ3n) is 4.99. The van der Waals surface area contributed by atoms with Crippen LogP contribution in [0.4, 0.5) is 23.2 Å². The number of hydrogen-bond donors (Lipinski definition) is 0. The Kier molecular flexibility index (Phi) is 6.18. The molecule has 0 aromatic heterocycles. The van der Waals surface area contributed by atoms with Crippen molar-refractivity contribution >= 4 is 11.5 Å². The summed E-state index contributed by atoms with van der Waals surface area (Å²) in [5, 5.41) is 8.90. The van der Waals surface area contributed by atoms with Gasteiger partial charge in [-0.1, -0.05) is 0 Å². The molecule has 0 atom stereocenters. The van der Waals surface area contributed by atoms with Crippen LogP contribution in [-0.2, 0) is 6.18 Å². The van der Waals surface area contributed by atoms with Crippen molar-refractivity contribution in [1.29, 1.82) is 5.26 Å². The summed E-state index contributed by atoms with van der Waals surface area (Å²) in [6.07, 6.45) is -4.29. The zero-order chi connectivity index (χ0) is 21.0. The Balaban J connectivity index is 1.56. The molecule has 0 aliphatic carbocycles. The van der Waals surface area contributed by atoms with Crippen LogP contribution < -0.4 is 4.90 Å². The first kappa shape index (κ1) is 20.8. The summed E-state index contributed by atoms with van der Waals surface area (Å²) in [4.78, 5) is 16.1. The fraction of sp³-hybridized carbons (Fsp3) is 0.333. The Morgan fingerprint density at radius 1 is 1.03 bits per heavy atom. The predicted molar refractivity (Wildman–Crippen MR) is 100 cm³/mol. The number of halogens is 4. The van der Waals surface area contributed by atoms with Gasteiger partial charge in [0.1, 0.15) is 5.82 Å². The minimum absolute atomic E-state index is 0.0747. The summed E-state index contributed by atoms with van der Waals surface area (Å²) >= 11 is 0. The molecule has 0 bridgehead atoms. The van der Waals surface area contributed by atoms with Crippen LogP contribution in [0.25, 0.3) is 0 Å². The molecule has 2 aromatic rings. The Hall–Kier alpha value is -2.92. The summed E-state index contributed by atoms with van der Waals surface area (Å²) in [6.45, 7) is 2.79. The highest BCUT2D eigenvalue weighted by atomic mass is 19.4. The van der Waals surface area contributed by atoms with Crippen molar-refractivity contribution in [2.45, 2.75) is 12.6 Å². The second-order valence-electron chi connectivity index (χ2n) is 6.85. The quantitative estimate of drug-likeness (QED) is 0.555. The van der Waals surface area contributed by atoms with E-state index in [-0.39, 0.29) is 11.3 Å². The molecule has 0 unspecified atom stereocenters. The third-order valence-corrected chi connectivity index (χ3v) is 4.99. The monoisotopic (exact) mass is 405 g/mol. The van der Waals surface area contributed by atoms with Gasteiger partial charge in [0.2, 0.25) is 0 Å². The van der Waals surface area contributed by atoms with Gasteiger partial charge in [0.15, 0.2) is 5.78 Å². The SMILES string of the molecule is N#Cc1ccc(N2CCN(CCC(=O)c3ccc(F)cc3)CC2)cc1C(F)(F)F. The normalized spacial score (nSPS) is 15.2. The van der Waals surface area contributed by atoms with Gasteiger partial charge in [0.25, 0.3) is 0 Å². The number of hydrogen-bond acceptors (Lipinski definition) is 4. The molecule has 1 aliphatic rings. The molecule has 1 fully saturated rings. The highest BCUT2D eigenvalue weighted by Gasteiger charge is 2.34. The number of ketones is 1. The van der Waals surface area contributed by atoms with Crippen molar-refractivity contribution in [2.24, 2.45) is 0 Å². The van der Waals surface area contributed by atoms with E-state index in [9.17, 15) is 22.4 Å². The summed E-state index contributed by atoms with van der Waals surface area (Å²) in [5.41, 5.74) is -0.426. The molecular weight excluding hydrogens is 386 g/mol. The van der Waals surface area contributed by atoms with E-state index in [4.69, 9.17) is 5.26 Å². The van der Waals surface area contributed by atoms with Gasteiger partial charge < -0.3 is 4.90 Å². The Bertz CT molecular complexity index is 911. The zero-order valence-electron chi connectivity index (χ0n) is 15.5. The van der Waals surface area contributed by atoms with E-state index in [1.165, 1.54) is 36.4 Å². The molecule has 0 amide bonds. The van der Waals surface area contributed by atoms with E-state index >= 15 is 0 Å². The van der Waals surface area contributed by atoms with E-state index < -0.39 is 17.6 Å². The lowest BCUT2D eigenvalue weighted by molar-refractivity contribution is -0.137. The first-order valence-corrected chi connectivity index (χ1v) is 9.15. The number of rotatable bonds is 5. The molecule has 0 radical (unpaired) electrons. The average molecular weight is 405 g/mol. The topological polar surface area (TPSA) is 47.3 Å². The molecule has 1 heterocycles. The van der Waals surface area contributed by atoms with E-state index in [1.807, 2.05) is 4.90 Å². The molecule has 2 aromatic carbocycles. The van der Waals surface area contributed by atoms with Crippen molar-refractivity contribution in [3.05, 3.63) is 65.0 Å². The summed E-state index contributed by atoms with van der Waals surface area (Å²) in [6, 6.07) is 10.7. The van der Waals surface area contributed by atoms with E-state index in [0.29, 0.717) is 50.4 Å². The van der Waals surface area contributed by atoms with Crippen LogP contribution in [0.15, 0.2) is 42.5 Å². The predicted octanol–water partition coefficient (Wildman–Crippen LogP) is 4.11. The fourth-order valence-electron chi connectivity index (χ4n) is 3.33. The van der Waals surface area contributed by atoms with Crippen LogP contribution in [0.5, 0.6) is 0 Å². The molecule has 0 spiro atoms. The van der Waals surface area contributed by atoms with Crippen LogP contribution in [0, 0.1) is 17.1 Å². The number of carbonyl (C=O) groups is 1. The molecule has 4 nitrogen and oxygen atoms in total. The number of anilines is 1. The van der Waals surface area contributed by atoms with Crippen LogP contribution in [0.2, 0.25) is 0 Å². The van der Waals surface area contributed by atoms with Crippen molar-refractivity contribution < 1.29 is 22.4 Å². The smallest absolute Gasteiger partial charge is 0.369 e. The number of carbonyl (C=O) groups excluding carboxylic acids is 1.